The first kappa shape index (κ1) is 27.2. The van der Waals surface area contributed by atoms with Crippen LogP contribution in [-0.4, -0.2) is 41.6 Å². The van der Waals surface area contributed by atoms with Crippen LogP contribution in [0.4, 0.5) is 13.2 Å². The van der Waals surface area contributed by atoms with Gasteiger partial charge in [-0.25, -0.2) is 4.79 Å². The van der Waals surface area contributed by atoms with E-state index in [0.717, 1.165) is 0 Å². The Morgan fingerprint density at radius 2 is 1.86 bits per heavy atom. The summed E-state index contributed by atoms with van der Waals surface area (Å²) in [6.07, 6.45) is -5.94. The minimum absolute atomic E-state index is 0.124. The lowest BCUT2D eigenvalue weighted by Crippen LogP contribution is -2.37. The molecule has 3 atom stereocenters. The van der Waals surface area contributed by atoms with Crippen molar-refractivity contribution >= 4 is 17.6 Å². The van der Waals surface area contributed by atoms with Gasteiger partial charge in [0, 0.05) is 42.8 Å². The summed E-state index contributed by atoms with van der Waals surface area (Å²) in [5, 5.41) is 0.324. The second kappa shape index (κ2) is 10.3. The zero-order valence-electron chi connectivity index (χ0n) is 20.2. The van der Waals surface area contributed by atoms with Crippen LogP contribution >= 0.6 is 11.6 Å². The van der Waals surface area contributed by atoms with E-state index in [0.29, 0.717) is 27.3 Å². The van der Waals surface area contributed by atoms with Crippen LogP contribution in [0.25, 0.3) is 11.1 Å². The lowest BCUT2D eigenvalue weighted by atomic mass is 9.92. The molecule has 2 aromatic rings. The normalized spacial score (nSPS) is 18.0. The van der Waals surface area contributed by atoms with E-state index < -0.39 is 54.6 Å². The van der Waals surface area contributed by atoms with E-state index in [9.17, 15) is 22.8 Å². The second-order valence-corrected chi connectivity index (χ2v) is 10.1. The smallest absolute Gasteiger partial charge is 0.414 e. The van der Waals surface area contributed by atoms with Crippen LogP contribution in [0.2, 0.25) is 5.02 Å². The molecule has 0 spiro atoms. The van der Waals surface area contributed by atoms with Crippen molar-refractivity contribution in [3.8, 4) is 11.1 Å². The van der Waals surface area contributed by atoms with Crippen LogP contribution in [0.15, 0.2) is 35.3 Å². The molecule has 6 nitrogen and oxygen atoms in total. The lowest BCUT2D eigenvalue weighted by molar-refractivity contribution is -0.223. The number of carbonyl (C=O) groups is 1. The largest absolute Gasteiger partial charge is 0.458 e. The number of hydrogen-bond acceptors (Lipinski definition) is 5. The van der Waals surface area contributed by atoms with E-state index >= 15 is 0 Å². The molecule has 2 unspecified atom stereocenters. The maximum Gasteiger partial charge on any atom is 0.414 e. The summed E-state index contributed by atoms with van der Waals surface area (Å²) in [6, 6.07) is 4.79. The number of carbonyl (C=O) groups excluding carboxylic acids is 1. The second-order valence-electron chi connectivity index (χ2n) is 9.64. The van der Waals surface area contributed by atoms with Gasteiger partial charge in [-0.05, 0) is 56.5 Å². The van der Waals surface area contributed by atoms with Crippen LogP contribution in [0.1, 0.15) is 51.3 Å². The molecule has 10 heteroatoms. The van der Waals surface area contributed by atoms with Crippen LogP contribution in [-0.2, 0) is 32.0 Å². The van der Waals surface area contributed by atoms with Gasteiger partial charge in [-0.15, -0.1) is 0 Å². The average molecular weight is 516 g/mol. The topological polar surface area (TPSA) is 66.8 Å². The van der Waals surface area contributed by atoms with Crippen molar-refractivity contribution in [3.63, 3.8) is 0 Å². The van der Waals surface area contributed by atoms with Gasteiger partial charge >= 0.3 is 12.1 Å². The van der Waals surface area contributed by atoms with Gasteiger partial charge in [0.1, 0.15) is 11.6 Å². The highest BCUT2D eigenvalue weighted by Gasteiger charge is 2.42. The summed E-state index contributed by atoms with van der Waals surface area (Å²) >= 11 is 6.15. The molecule has 1 aliphatic rings. The molecular formula is C25H29ClF3NO5. The van der Waals surface area contributed by atoms with Gasteiger partial charge in [-0.3, -0.25) is 4.79 Å². The highest BCUT2D eigenvalue weighted by Crippen LogP contribution is 2.37. The summed E-state index contributed by atoms with van der Waals surface area (Å²) in [5.74, 6) is -0.646. The van der Waals surface area contributed by atoms with Gasteiger partial charge in [-0.1, -0.05) is 17.7 Å². The molecule has 0 radical (unpaired) electrons. The molecule has 35 heavy (non-hydrogen) atoms. The first-order valence-corrected chi connectivity index (χ1v) is 11.5. The predicted octanol–water partition coefficient (Wildman–Crippen LogP) is 5.48. The molecule has 3 rings (SSSR count). The first-order chi connectivity index (χ1) is 16.2. The van der Waals surface area contributed by atoms with E-state index in [-0.39, 0.29) is 6.42 Å². The fraction of sp³-hybridized carbons (Fsp3) is 0.520. The molecule has 0 N–H and O–H groups in total. The highest BCUT2D eigenvalue weighted by atomic mass is 35.5. The summed E-state index contributed by atoms with van der Waals surface area (Å²) < 4.78 is 58.2. The number of rotatable bonds is 5. The molecule has 0 fully saturated rings. The van der Waals surface area contributed by atoms with Crippen molar-refractivity contribution in [2.24, 2.45) is 0 Å². The van der Waals surface area contributed by atoms with E-state index in [1.54, 1.807) is 27.7 Å². The molecule has 1 aromatic heterocycles. The molecule has 0 saturated heterocycles. The van der Waals surface area contributed by atoms with Crippen molar-refractivity contribution in [1.82, 2.24) is 4.57 Å². The zero-order valence-corrected chi connectivity index (χ0v) is 21.0. The monoisotopic (exact) mass is 515 g/mol. The Hall–Kier alpha value is -2.36. The Kier molecular flexibility index (Phi) is 8.03. The number of hydrogen-bond donors (Lipinski definition) is 0. The van der Waals surface area contributed by atoms with E-state index in [4.69, 9.17) is 25.8 Å². The molecule has 2 heterocycles. The number of alkyl halides is 3. The summed E-state index contributed by atoms with van der Waals surface area (Å²) in [7, 11) is 1.48. The van der Waals surface area contributed by atoms with Crippen LogP contribution in [0.5, 0.6) is 0 Å². The predicted molar refractivity (Wildman–Crippen MR) is 125 cm³/mol. The number of fused-ring (bicyclic) bond motifs is 3. The standard InChI is InChI=1S/C25H29ClF3NO5/c1-14(33-5)8-20(23(32)35-24(2,3)4)30-12-16-13-34-21(25(27,28)29)9-15-6-7-17(26)10-18(15)19(16)11-22(30)31/h6-7,10-12,14,20-21H,8-9,13H2,1-5H3/t14-,20?,21?/m0/s1. The maximum absolute atomic E-state index is 13.6. The van der Waals surface area contributed by atoms with Gasteiger partial charge in [0.15, 0.2) is 6.10 Å². The van der Waals surface area contributed by atoms with Crippen molar-refractivity contribution in [2.75, 3.05) is 7.11 Å². The molecular weight excluding hydrogens is 487 g/mol. The fourth-order valence-electron chi connectivity index (χ4n) is 3.94. The fourth-order valence-corrected chi connectivity index (χ4v) is 4.11. The van der Waals surface area contributed by atoms with Gasteiger partial charge in [0.25, 0.3) is 5.56 Å². The summed E-state index contributed by atoms with van der Waals surface area (Å²) in [4.78, 5) is 26.3. The Bertz CT molecular complexity index is 1140. The van der Waals surface area contributed by atoms with E-state index in [2.05, 4.69) is 0 Å². The molecule has 192 valence electrons. The molecule has 0 bridgehead atoms. The third-order valence-electron chi connectivity index (χ3n) is 5.71. The van der Waals surface area contributed by atoms with E-state index in [1.807, 2.05) is 0 Å². The number of aromatic nitrogens is 1. The number of methoxy groups -OCH3 is 1. The average Bonchev–Trinajstić information content (AvgIpc) is 2.72. The van der Waals surface area contributed by atoms with Gasteiger partial charge in [0.2, 0.25) is 0 Å². The van der Waals surface area contributed by atoms with Crippen molar-refractivity contribution < 1.29 is 32.2 Å². The third-order valence-corrected chi connectivity index (χ3v) is 5.94. The quantitative estimate of drug-likeness (QED) is 0.493. The lowest BCUT2D eigenvalue weighted by Gasteiger charge is -2.29. The van der Waals surface area contributed by atoms with Crippen LogP contribution in [0.3, 0.4) is 0 Å². The minimum atomic E-state index is -4.59. The van der Waals surface area contributed by atoms with Crippen LogP contribution in [0, 0.1) is 0 Å². The Morgan fingerprint density at radius 3 is 2.46 bits per heavy atom. The van der Waals surface area contributed by atoms with Gasteiger partial charge < -0.3 is 18.8 Å². The Morgan fingerprint density at radius 1 is 1.20 bits per heavy atom. The van der Waals surface area contributed by atoms with Crippen molar-refractivity contribution in [2.45, 2.75) is 77.2 Å². The highest BCUT2D eigenvalue weighted by molar-refractivity contribution is 6.30. The summed E-state index contributed by atoms with van der Waals surface area (Å²) in [6.45, 7) is 6.45. The van der Waals surface area contributed by atoms with Crippen molar-refractivity contribution in [3.05, 3.63) is 57.0 Å². The number of halogens is 4. The third kappa shape index (κ3) is 6.65. The molecule has 0 amide bonds. The first-order valence-electron chi connectivity index (χ1n) is 11.2. The minimum Gasteiger partial charge on any atom is -0.458 e. The van der Waals surface area contributed by atoms with Gasteiger partial charge in [-0.2, -0.15) is 13.2 Å². The number of pyridine rings is 1. The molecule has 1 aromatic carbocycles. The van der Waals surface area contributed by atoms with Gasteiger partial charge in [0.05, 0.1) is 12.7 Å². The number of ether oxygens (including phenoxy) is 3. The SMILES string of the molecule is CO[C@@H](C)CC(C(=O)OC(C)(C)C)n1cc2c(cc1=O)-c1cc(Cl)ccc1CC(C(F)(F)F)OC2. The summed E-state index contributed by atoms with van der Waals surface area (Å²) in [5.41, 5.74) is 0.187. The Balaban J connectivity index is 2.16. The molecule has 0 saturated carbocycles. The zero-order chi connectivity index (χ0) is 26.1. The van der Waals surface area contributed by atoms with Crippen LogP contribution < -0.4 is 5.56 Å². The van der Waals surface area contributed by atoms with Crippen molar-refractivity contribution in [1.29, 1.82) is 0 Å². The maximum atomic E-state index is 13.6. The number of benzene rings is 1. The van der Waals surface area contributed by atoms with E-state index in [1.165, 1.54) is 42.1 Å². The number of nitrogens with zero attached hydrogens (tertiary/aromatic N) is 1. The Labute approximate surface area is 206 Å². The molecule has 0 aliphatic carbocycles. The molecule has 1 aliphatic heterocycles. The number of esters is 1.